The van der Waals surface area contributed by atoms with Gasteiger partial charge in [-0.05, 0) is 25.2 Å². The van der Waals surface area contributed by atoms with E-state index in [0.29, 0.717) is 11.8 Å². The van der Waals surface area contributed by atoms with Gasteiger partial charge in [-0.3, -0.25) is 4.89 Å². The Morgan fingerprint density at radius 1 is 1.00 bits per heavy atom. The Kier molecular flexibility index (Phi) is 9.01. The van der Waals surface area contributed by atoms with Crippen molar-refractivity contribution in [1.82, 2.24) is 0 Å². The molecule has 1 unspecified atom stereocenters. The molecule has 0 aromatic carbocycles. The molecule has 1 atom stereocenters. The predicted molar refractivity (Wildman–Crippen MR) is 77.0 cm³/mol. The summed E-state index contributed by atoms with van der Waals surface area (Å²) in [6.07, 6.45) is 4.47. The Hall–Kier alpha value is -0.650. The second kappa shape index (κ2) is 9.32. The lowest BCUT2D eigenvalue weighted by Crippen LogP contribution is -2.37. The van der Waals surface area contributed by atoms with Crippen molar-refractivity contribution in [3.63, 3.8) is 0 Å². The van der Waals surface area contributed by atoms with Gasteiger partial charge in [0.25, 0.3) is 0 Å². The summed E-state index contributed by atoms with van der Waals surface area (Å²) in [5, 5.41) is 0. The SMILES string of the molecule is COCC(C)(OC)OOC(=O)CCCCCC(C)(C)C. The first-order valence-electron chi connectivity index (χ1n) is 7.15. The topological polar surface area (TPSA) is 54.0 Å². The number of rotatable bonds is 10. The van der Waals surface area contributed by atoms with Gasteiger partial charge in [-0.15, -0.1) is 4.89 Å². The zero-order valence-corrected chi connectivity index (χ0v) is 13.8. The van der Waals surface area contributed by atoms with Crippen LogP contribution in [0, 0.1) is 5.41 Å². The summed E-state index contributed by atoms with van der Waals surface area (Å²) >= 11 is 0. The van der Waals surface area contributed by atoms with Crippen LogP contribution in [-0.4, -0.2) is 32.6 Å². The van der Waals surface area contributed by atoms with Crippen LogP contribution in [0.25, 0.3) is 0 Å². The minimum atomic E-state index is -1.06. The molecule has 5 heteroatoms. The normalized spacial score (nSPS) is 14.9. The Balaban J connectivity index is 3.74. The zero-order valence-electron chi connectivity index (χ0n) is 13.8. The van der Waals surface area contributed by atoms with E-state index in [-0.39, 0.29) is 12.6 Å². The van der Waals surface area contributed by atoms with Gasteiger partial charge in [-0.25, -0.2) is 4.79 Å². The van der Waals surface area contributed by atoms with Crippen LogP contribution in [-0.2, 0) is 24.0 Å². The molecule has 0 N–H and O–H groups in total. The van der Waals surface area contributed by atoms with Gasteiger partial charge in [0, 0.05) is 20.6 Å². The van der Waals surface area contributed by atoms with Crippen LogP contribution in [0.5, 0.6) is 0 Å². The van der Waals surface area contributed by atoms with E-state index in [1.54, 1.807) is 6.92 Å². The Labute approximate surface area is 122 Å². The highest BCUT2D eigenvalue weighted by molar-refractivity contribution is 5.68. The second-order valence-electron chi connectivity index (χ2n) is 6.43. The zero-order chi connectivity index (χ0) is 15.6. The molecule has 0 spiro atoms. The number of carbonyl (C=O) groups excluding carboxylic acids is 1. The van der Waals surface area contributed by atoms with Crippen LogP contribution in [0.3, 0.4) is 0 Å². The summed E-state index contributed by atoms with van der Waals surface area (Å²) in [6.45, 7) is 8.49. The molecule has 0 aliphatic rings. The average molecular weight is 290 g/mol. The van der Waals surface area contributed by atoms with Gasteiger partial charge < -0.3 is 9.47 Å². The van der Waals surface area contributed by atoms with E-state index in [2.05, 4.69) is 20.8 Å². The maximum Gasteiger partial charge on any atom is 0.342 e. The molecule has 0 amide bonds. The molecular formula is C15H30O5. The van der Waals surface area contributed by atoms with Gasteiger partial charge in [0.15, 0.2) is 0 Å². The van der Waals surface area contributed by atoms with Crippen molar-refractivity contribution in [3.8, 4) is 0 Å². The fourth-order valence-electron chi connectivity index (χ4n) is 1.66. The van der Waals surface area contributed by atoms with E-state index in [0.717, 1.165) is 25.7 Å². The van der Waals surface area contributed by atoms with Crippen molar-refractivity contribution in [2.45, 2.75) is 65.6 Å². The van der Waals surface area contributed by atoms with Gasteiger partial charge in [0.05, 0.1) is 0 Å². The lowest BCUT2D eigenvalue weighted by molar-refractivity contribution is -0.401. The molecule has 0 bridgehead atoms. The lowest BCUT2D eigenvalue weighted by atomic mass is 9.89. The highest BCUT2D eigenvalue weighted by Gasteiger charge is 2.28. The van der Waals surface area contributed by atoms with Crippen LogP contribution in [0.2, 0.25) is 0 Å². The maximum absolute atomic E-state index is 11.5. The van der Waals surface area contributed by atoms with Crippen LogP contribution in [0.4, 0.5) is 0 Å². The summed E-state index contributed by atoms with van der Waals surface area (Å²) in [5.41, 5.74) is 0.351. The number of unbranched alkanes of at least 4 members (excludes halogenated alkanes) is 2. The van der Waals surface area contributed by atoms with Gasteiger partial charge in [0.1, 0.15) is 6.61 Å². The van der Waals surface area contributed by atoms with Crippen LogP contribution in [0.15, 0.2) is 0 Å². The van der Waals surface area contributed by atoms with Crippen molar-refractivity contribution in [1.29, 1.82) is 0 Å². The molecule has 0 saturated heterocycles. The third-order valence-electron chi connectivity index (χ3n) is 2.96. The first-order chi connectivity index (χ1) is 9.22. The Morgan fingerprint density at radius 2 is 1.65 bits per heavy atom. The minimum absolute atomic E-state index is 0.183. The molecule has 0 saturated carbocycles. The molecular weight excluding hydrogens is 260 g/mol. The van der Waals surface area contributed by atoms with Crippen LogP contribution in [0.1, 0.15) is 59.8 Å². The van der Waals surface area contributed by atoms with Crippen molar-refractivity contribution < 1.29 is 24.0 Å². The van der Waals surface area contributed by atoms with Gasteiger partial charge in [0.2, 0.25) is 5.79 Å². The smallest absolute Gasteiger partial charge is 0.342 e. The summed E-state index contributed by atoms with van der Waals surface area (Å²) in [5.74, 6) is -1.43. The van der Waals surface area contributed by atoms with Gasteiger partial charge in [-0.2, -0.15) is 0 Å². The van der Waals surface area contributed by atoms with Crippen LogP contribution < -0.4 is 0 Å². The third-order valence-corrected chi connectivity index (χ3v) is 2.96. The molecule has 0 heterocycles. The molecule has 0 fully saturated rings. The molecule has 0 radical (unpaired) electrons. The number of hydrogen-bond donors (Lipinski definition) is 0. The standard InChI is InChI=1S/C15H30O5/c1-14(2,3)11-9-7-8-10-13(16)19-20-15(4,18-6)12-17-5/h7-12H2,1-6H3. The highest BCUT2D eigenvalue weighted by Crippen LogP contribution is 2.22. The monoisotopic (exact) mass is 290 g/mol. The number of hydrogen-bond acceptors (Lipinski definition) is 5. The van der Waals surface area contributed by atoms with E-state index < -0.39 is 5.79 Å². The summed E-state index contributed by atoms with van der Waals surface area (Å²) < 4.78 is 10.0. The maximum atomic E-state index is 11.5. The van der Waals surface area contributed by atoms with E-state index in [9.17, 15) is 4.79 Å². The van der Waals surface area contributed by atoms with Crippen molar-refractivity contribution in [2.75, 3.05) is 20.8 Å². The van der Waals surface area contributed by atoms with Crippen molar-refractivity contribution in [3.05, 3.63) is 0 Å². The predicted octanol–water partition coefficient (Wildman–Crippen LogP) is 3.47. The number of ether oxygens (including phenoxy) is 2. The van der Waals surface area contributed by atoms with E-state index in [1.807, 2.05) is 0 Å². The second-order valence-corrected chi connectivity index (χ2v) is 6.43. The first-order valence-corrected chi connectivity index (χ1v) is 7.15. The number of methoxy groups -OCH3 is 2. The van der Waals surface area contributed by atoms with Crippen molar-refractivity contribution in [2.24, 2.45) is 5.41 Å². The quantitative estimate of drug-likeness (QED) is 0.267. The first kappa shape index (κ1) is 19.4. The van der Waals surface area contributed by atoms with E-state index in [1.165, 1.54) is 14.2 Å². The molecule has 5 nitrogen and oxygen atoms in total. The van der Waals surface area contributed by atoms with E-state index >= 15 is 0 Å². The molecule has 0 aromatic heterocycles. The largest absolute Gasteiger partial charge is 0.379 e. The lowest BCUT2D eigenvalue weighted by Gasteiger charge is -2.24. The summed E-state index contributed by atoms with van der Waals surface area (Å²) in [4.78, 5) is 21.3. The molecule has 0 aromatic rings. The van der Waals surface area contributed by atoms with Crippen LogP contribution >= 0.6 is 0 Å². The fourth-order valence-corrected chi connectivity index (χ4v) is 1.66. The molecule has 0 aliphatic heterocycles. The number of carbonyl (C=O) groups is 1. The highest BCUT2D eigenvalue weighted by atomic mass is 17.2. The fraction of sp³-hybridized carbons (Fsp3) is 0.933. The summed E-state index contributed by atoms with van der Waals surface area (Å²) in [6, 6.07) is 0. The molecule has 0 rings (SSSR count). The molecule has 120 valence electrons. The third kappa shape index (κ3) is 10.2. The van der Waals surface area contributed by atoms with E-state index in [4.69, 9.17) is 19.2 Å². The Bertz CT molecular complexity index is 272. The molecule has 0 aliphatic carbocycles. The Morgan fingerprint density at radius 3 is 2.15 bits per heavy atom. The minimum Gasteiger partial charge on any atom is -0.379 e. The molecule has 20 heavy (non-hydrogen) atoms. The average Bonchev–Trinajstić information content (AvgIpc) is 2.35. The van der Waals surface area contributed by atoms with Crippen molar-refractivity contribution >= 4 is 5.97 Å². The van der Waals surface area contributed by atoms with Gasteiger partial charge in [-0.1, -0.05) is 33.6 Å². The van der Waals surface area contributed by atoms with Gasteiger partial charge >= 0.3 is 5.97 Å². The summed E-state index contributed by atoms with van der Waals surface area (Å²) in [7, 11) is 3.00.